The summed E-state index contributed by atoms with van der Waals surface area (Å²) in [6, 6.07) is 10.6. The van der Waals surface area contributed by atoms with Gasteiger partial charge in [0.25, 0.3) is 11.6 Å². The van der Waals surface area contributed by atoms with E-state index in [4.69, 9.17) is 16.3 Å². The van der Waals surface area contributed by atoms with Crippen LogP contribution >= 0.6 is 11.6 Å². The molecule has 1 amide bonds. The van der Waals surface area contributed by atoms with Crippen LogP contribution in [0, 0.1) is 10.1 Å². The maximum absolute atomic E-state index is 12.1. The molecule has 136 valence electrons. The Hall–Kier alpha value is -3.13. The lowest BCUT2D eigenvalue weighted by atomic mass is 10.1. The van der Waals surface area contributed by atoms with Gasteiger partial charge in [0.15, 0.2) is 6.61 Å². The summed E-state index contributed by atoms with van der Waals surface area (Å²) < 4.78 is 4.91. The summed E-state index contributed by atoms with van der Waals surface area (Å²) in [5, 5.41) is 14.0. The first-order chi connectivity index (χ1) is 12.3. The highest BCUT2D eigenvalue weighted by molar-refractivity contribution is 6.33. The molecule has 0 fully saturated rings. The maximum Gasteiger partial charge on any atom is 0.338 e. The molecule has 0 aliphatic carbocycles. The van der Waals surface area contributed by atoms with Gasteiger partial charge in [-0.25, -0.2) is 4.79 Å². The third kappa shape index (κ3) is 4.70. The van der Waals surface area contributed by atoms with Crippen molar-refractivity contribution in [2.75, 3.05) is 30.9 Å². The minimum atomic E-state index is -0.840. The quantitative estimate of drug-likeness (QED) is 0.471. The molecule has 9 heteroatoms. The third-order valence-corrected chi connectivity index (χ3v) is 3.70. The molecule has 0 heterocycles. The first-order valence-electron chi connectivity index (χ1n) is 7.47. The van der Waals surface area contributed by atoms with Crippen LogP contribution in [0.5, 0.6) is 0 Å². The van der Waals surface area contributed by atoms with Gasteiger partial charge in [0.05, 0.1) is 21.2 Å². The van der Waals surface area contributed by atoms with E-state index in [-0.39, 0.29) is 11.3 Å². The number of nitro groups is 1. The fourth-order valence-corrected chi connectivity index (χ4v) is 2.32. The van der Waals surface area contributed by atoms with E-state index in [0.29, 0.717) is 16.4 Å². The minimum Gasteiger partial charge on any atom is -0.452 e. The van der Waals surface area contributed by atoms with Crippen LogP contribution in [-0.4, -0.2) is 37.5 Å². The van der Waals surface area contributed by atoms with Crippen LogP contribution in [0.1, 0.15) is 10.4 Å². The predicted octanol–water partition coefficient (Wildman–Crippen LogP) is 3.11. The molecule has 0 atom stereocenters. The molecule has 0 aliphatic heterocycles. The monoisotopic (exact) mass is 377 g/mol. The zero-order valence-corrected chi connectivity index (χ0v) is 14.8. The molecule has 2 aromatic carbocycles. The van der Waals surface area contributed by atoms with Gasteiger partial charge in [-0.3, -0.25) is 14.9 Å². The zero-order valence-electron chi connectivity index (χ0n) is 14.1. The fourth-order valence-electron chi connectivity index (χ4n) is 2.14. The van der Waals surface area contributed by atoms with Crippen molar-refractivity contribution < 1.29 is 19.2 Å². The lowest BCUT2D eigenvalue weighted by Crippen LogP contribution is -2.21. The number of carbonyl (C=O) groups excluding carboxylic acids is 2. The van der Waals surface area contributed by atoms with Gasteiger partial charge in [0, 0.05) is 20.2 Å². The second-order valence-electron chi connectivity index (χ2n) is 5.46. The van der Waals surface area contributed by atoms with Gasteiger partial charge in [-0.05, 0) is 24.3 Å². The predicted molar refractivity (Wildman–Crippen MR) is 97.8 cm³/mol. The van der Waals surface area contributed by atoms with Gasteiger partial charge in [-0.1, -0.05) is 23.7 Å². The number of rotatable bonds is 6. The fraction of sp³-hybridized carbons (Fsp3) is 0.176. The number of nitrogens with zero attached hydrogens (tertiary/aromatic N) is 2. The molecule has 0 saturated carbocycles. The molecule has 0 aromatic heterocycles. The molecule has 0 saturated heterocycles. The molecule has 0 spiro atoms. The Bertz CT molecular complexity index is 854. The highest BCUT2D eigenvalue weighted by Gasteiger charge is 2.20. The van der Waals surface area contributed by atoms with Gasteiger partial charge < -0.3 is 15.0 Å². The average molecular weight is 378 g/mol. The van der Waals surface area contributed by atoms with Crippen molar-refractivity contribution in [3.8, 4) is 0 Å². The molecule has 0 radical (unpaired) electrons. The summed E-state index contributed by atoms with van der Waals surface area (Å²) in [4.78, 5) is 36.0. The second kappa shape index (κ2) is 8.30. The molecular weight excluding hydrogens is 362 g/mol. The highest BCUT2D eigenvalue weighted by Crippen LogP contribution is 2.28. The largest absolute Gasteiger partial charge is 0.452 e. The van der Waals surface area contributed by atoms with E-state index in [0.717, 1.165) is 6.07 Å². The highest BCUT2D eigenvalue weighted by atomic mass is 35.5. The Balaban J connectivity index is 2.03. The summed E-state index contributed by atoms with van der Waals surface area (Å²) >= 11 is 5.92. The Kier molecular flexibility index (Phi) is 6.13. The van der Waals surface area contributed by atoms with E-state index < -0.39 is 23.4 Å². The molecule has 8 nitrogen and oxygen atoms in total. The van der Waals surface area contributed by atoms with Crippen molar-refractivity contribution in [3.63, 3.8) is 0 Å². The number of nitro benzene ring substituents is 1. The van der Waals surface area contributed by atoms with Crippen molar-refractivity contribution in [2.24, 2.45) is 0 Å². The number of ether oxygens (including phenoxy) is 1. The van der Waals surface area contributed by atoms with E-state index in [9.17, 15) is 19.7 Å². The Morgan fingerprint density at radius 2 is 1.92 bits per heavy atom. The Morgan fingerprint density at radius 3 is 2.54 bits per heavy atom. The summed E-state index contributed by atoms with van der Waals surface area (Å²) in [5.74, 6) is -1.42. The van der Waals surface area contributed by atoms with Crippen molar-refractivity contribution in [2.45, 2.75) is 0 Å². The molecule has 2 aromatic rings. The van der Waals surface area contributed by atoms with Crippen LogP contribution in [0.15, 0.2) is 42.5 Å². The lowest BCUT2D eigenvalue weighted by Gasteiger charge is -2.13. The van der Waals surface area contributed by atoms with Crippen molar-refractivity contribution >= 4 is 40.5 Å². The van der Waals surface area contributed by atoms with E-state index >= 15 is 0 Å². The number of esters is 1. The van der Waals surface area contributed by atoms with E-state index in [2.05, 4.69) is 5.32 Å². The first-order valence-corrected chi connectivity index (χ1v) is 7.84. The van der Waals surface area contributed by atoms with Gasteiger partial charge in [0.1, 0.15) is 5.69 Å². The number of amides is 1. The summed E-state index contributed by atoms with van der Waals surface area (Å²) in [7, 11) is 3.30. The molecule has 0 unspecified atom stereocenters. The van der Waals surface area contributed by atoms with Crippen LogP contribution in [0.2, 0.25) is 5.02 Å². The van der Waals surface area contributed by atoms with Crippen LogP contribution in [0.3, 0.4) is 0 Å². The van der Waals surface area contributed by atoms with Crippen molar-refractivity contribution in [3.05, 3.63) is 63.2 Å². The Labute approximate surface area is 154 Å². The summed E-state index contributed by atoms with van der Waals surface area (Å²) in [6.45, 7) is -0.548. The summed E-state index contributed by atoms with van der Waals surface area (Å²) in [6.07, 6.45) is 0. The number of anilines is 2. The number of para-hydroxylation sites is 1. The number of hydrogen-bond donors (Lipinski definition) is 1. The van der Waals surface area contributed by atoms with Gasteiger partial charge >= 0.3 is 5.97 Å². The molecule has 2 rings (SSSR count). The van der Waals surface area contributed by atoms with E-state index in [1.54, 1.807) is 43.3 Å². The number of hydrogen-bond acceptors (Lipinski definition) is 6. The smallest absolute Gasteiger partial charge is 0.338 e. The van der Waals surface area contributed by atoms with E-state index in [1.807, 2.05) is 0 Å². The molecule has 1 N–H and O–H groups in total. The van der Waals surface area contributed by atoms with Crippen LogP contribution in [-0.2, 0) is 9.53 Å². The first kappa shape index (κ1) is 19.2. The SMILES string of the molecule is CN(C)c1ccc(C(=O)OCC(=O)Nc2ccccc2Cl)cc1[N+](=O)[O-]. The minimum absolute atomic E-state index is 0.0205. The zero-order chi connectivity index (χ0) is 19.3. The standard InChI is InChI=1S/C17H16ClN3O5/c1-20(2)14-8-7-11(9-15(14)21(24)25)17(23)26-10-16(22)19-13-6-4-3-5-12(13)18/h3-9H,10H2,1-2H3,(H,19,22). The number of halogens is 1. The average Bonchev–Trinajstić information content (AvgIpc) is 2.61. The van der Waals surface area contributed by atoms with Crippen LogP contribution < -0.4 is 10.2 Å². The van der Waals surface area contributed by atoms with Crippen LogP contribution in [0.4, 0.5) is 17.1 Å². The number of carbonyl (C=O) groups is 2. The van der Waals surface area contributed by atoms with Crippen LogP contribution in [0.25, 0.3) is 0 Å². The third-order valence-electron chi connectivity index (χ3n) is 3.37. The molecule has 26 heavy (non-hydrogen) atoms. The maximum atomic E-state index is 12.1. The van der Waals surface area contributed by atoms with Gasteiger partial charge in [0.2, 0.25) is 0 Å². The number of nitrogens with one attached hydrogen (secondary N) is 1. The van der Waals surface area contributed by atoms with E-state index in [1.165, 1.54) is 12.1 Å². The van der Waals surface area contributed by atoms with Gasteiger partial charge in [-0.2, -0.15) is 0 Å². The summed E-state index contributed by atoms with van der Waals surface area (Å²) in [5.41, 5.74) is 0.488. The molecular formula is C17H16ClN3O5. The van der Waals surface area contributed by atoms with Crippen molar-refractivity contribution in [1.29, 1.82) is 0 Å². The Morgan fingerprint density at radius 1 is 1.23 bits per heavy atom. The molecule has 0 bridgehead atoms. The second-order valence-corrected chi connectivity index (χ2v) is 5.87. The van der Waals surface area contributed by atoms with Crippen molar-refractivity contribution in [1.82, 2.24) is 0 Å². The van der Waals surface area contributed by atoms with Gasteiger partial charge in [-0.15, -0.1) is 0 Å². The number of benzene rings is 2. The lowest BCUT2D eigenvalue weighted by molar-refractivity contribution is -0.384. The molecule has 0 aliphatic rings. The topological polar surface area (TPSA) is 102 Å². The normalized spacial score (nSPS) is 10.1.